The topological polar surface area (TPSA) is 23.6 Å². The number of hydrogen-bond acceptors (Lipinski definition) is 2. The summed E-state index contributed by atoms with van der Waals surface area (Å²) in [6.07, 6.45) is -4.42. The summed E-state index contributed by atoms with van der Waals surface area (Å²) in [4.78, 5) is 16.5. The maximum atomic E-state index is 13.3. The van der Waals surface area contributed by atoms with Gasteiger partial charge in [-0.2, -0.15) is 13.2 Å². The van der Waals surface area contributed by atoms with Gasteiger partial charge in [0.25, 0.3) is 5.91 Å². The van der Waals surface area contributed by atoms with E-state index in [0.717, 1.165) is 19.2 Å². The second kappa shape index (κ2) is 7.11. The molecule has 0 unspecified atom stereocenters. The van der Waals surface area contributed by atoms with Crippen molar-refractivity contribution in [2.75, 3.05) is 33.2 Å². The zero-order valence-electron chi connectivity index (χ0n) is 14.8. The van der Waals surface area contributed by atoms with Gasteiger partial charge >= 0.3 is 6.18 Å². The zero-order valence-corrected chi connectivity index (χ0v) is 14.8. The van der Waals surface area contributed by atoms with Crippen LogP contribution >= 0.6 is 0 Å². The van der Waals surface area contributed by atoms with E-state index in [1.165, 1.54) is 6.07 Å². The molecule has 1 amide bonds. The van der Waals surface area contributed by atoms with E-state index in [1.807, 2.05) is 7.05 Å². The highest BCUT2D eigenvalue weighted by Crippen LogP contribution is 2.37. The van der Waals surface area contributed by atoms with E-state index in [2.05, 4.69) is 4.90 Å². The number of hydrogen-bond donors (Lipinski definition) is 0. The van der Waals surface area contributed by atoms with Gasteiger partial charge in [0.15, 0.2) is 0 Å². The van der Waals surface area contributed by atoms with Gasteiger partial charge in [0.1, 0.15) is 0 Å². The molecule has 0 atom stereocenters. The lowest BCUT2D eigenvalue weighted by Gasteiger charge is -2.32. The van der Waals surface area contributed by atoms with Crippen molar-refractivity contribution in [1.29, 1.82) is 0 Å². The zero-order chi connectivity index (χ0) is 18.9. The van der Waals surface area contributed by atoms with Crippen LogP contribution in [-0.4, -0.2) is 48.9 Å². The molecule has 0 aromatic heterocycles. The molecule has 3 rings (SSSR count). The predicted molar refractivity (Wildman–Crippen MR) is 95.0 cm³/mol. The molecule has 1 saturated heterocycles. The third-order valence-electron chi connectivity index (χ3n) is 4.71. The highest BCUT2D eigenvalue weighted by Gasteiger charge is 2.33. The monoisotopic (exact) mass is 362 g/mol. The first kappa shape index (κ1) is 18.5. The summed E-state index contributed by atoms with van der Waals surface area (Å²) in [5, 5.41) is 0. The van der Waals surface area contributed by atoms with E-state index in [0.29, 0.717) is 29.8 Å². The van der Waals surface area contributed by atoms with Crippen LogP contribution in [0.2, 0.25) is 0 Å². The number of carbonyl (C=O) groups excluding carboxylic acids is 1. The van der Waals surface area contributed by atoms with Gasteiger partial charge in [0.05, 0.1) is 5.56 Å². The summed E-state index contributed by atoms with van der Waals surface area (Å²) in [7, 11) is 2.01. The largest absolute Gasteiger partial charge is 0.417 e. The van der Waals surface area contributed by atoms with Crippen molar-refractivity contribution in [1.82, 2.24) is 9.80 Å². The molecule has 0 spiro atoms. The SMILES string of the molecule is Cc1ccc(-c2ccc(C(=O)N3CCN(C)CC3)cc2)c(C(F)(F)F)c1. The van der Waals surface area contributed by atoms with E-state index >= 15 is 0 Å². The second-order valence-electron chi connectivity index (χ2n) is 6.72. The predicted octanol–water partition coefficient (Wildman–Crippen LogP) is 4.07. The van der Waals surface area contributed by atoms with Gasteiger partial charge < -0.3 is 9.80 Å². The normalized spacial score (nSPS) is 16.0. The summed E-state index contributed by atoms with van der Waals surface area (Å²) in [5.41, 5.74) is 0.978. The Morgan fingerprint density at radius 1 is 0.962 bits per heavy atom. The van der Waals surface area contributed by atoms with Crippen molar-refractivity contribution < 1.29 is 18.0 Å². The highest BCUT2D eigenvalue weighted by molar-refractivity contribution is 5.94. The van der Waals surface area contributed by atoms with E-state index in [-0.39, 0.29) is 11.5 Å². The van der Waals surface area contributed by atoms with Gasteiger partial charge in [-0.3, -0.25) is 4.79 Å². The Hall–Kier alpha value is -2.34. The average Bonchev–Trinajstić information content (AvgIpc) is 2.61. The van der Waals surface area contributed by atoms with Crippen molar-refractivity contribution in [3.8, 4) is 11.1 Å². The van der Waals surface area contributed by atoms with Crippen molar-refractivity contribution in [3.63, 3.8) is 0 Å². The number of likely N-dealkylation sites (N-methyl/N-ethyl adjacent to an activating group) is 1. The number of benzene rings is 2. The molecule has 1 fully saturated rings. The van der Waals surface area contributed by atoms with Crippen LogP contribution in [0.1, 0.15) is 21.5 Å². The maximum Gasteiger partial charge on any atom is 0.417 e. The number of piperazine rings is 1. The molecule has 2 aromatic carbocycles. The van der Waals surface area contributed by atoms with Gasteiger partial charge in [-0.25, -0.2) is 0 Å². The Kier molecular flexibility index (Phi) is 5.05. The molecule has 0 aliphatic carbocycles. The number of halogens is 3. The Bertz CT molecular complexity index is 792. The van der Waals surface area contributed by atoms with E-state index in [4.69, 9.17) is 0 Å². The quantitative estimate of drug-likeness (QED) is 0.804. The van der Waals surface area contributed by atoms with Crippen LogP contribution in [0, 0.1) is 6.92 Å². The van der Waals surface area contributed by atoms with Crippen molar-refractivity contribution in [2.24, 2.45) is 0 Å². The summed E-state index contributed by atoms with van der Waals surface area (Å²) >= 11 is 0. The van der Waals surface area contributed by atoms with E-state index in [9.17, 15) is 18.0 Å². The first-order valence-electron chi connectivity index (χ1n) is 8.52. The molecule has 0 N–H and O–H groups in total. The lowest BCUT2D eigenvalue weighted by Crippen LogP contribution is -2.47. The van der Waals surface area contributed by atoms with E-state index < -0.39 is 11.7 Å². The minimum atomic E-state index is -4.42. The number of nitrogens with zero attached hydrogens (tertiary/aromatic N) is 2. The highest BCUT2D eigenvalue weighted by atomic mass is 19.4. The van der Waals surface area contributed by atoms with Crippen molar-refractivity contribution >= 4 is 5.91 Å². The number of carbonyl (C=O) groups is 1. The Labute approximate surface area is 151 Å². The first-order chi connectivity index (χ1) is 12.3. The summed E-state index contributed by atoms with van der Waals surface area (Å²) in [6.45, 7) is 4.60. The lowest BCUT2D eigenvalue weighted by atomic mass is 9.96. The Morgan fingerprint density at radius 2 is 1.58 bits per heavy atom. The van der Waals surface area contributed by atoms with Crippen LogP contribution in [0.4, 0.5) is 13.2 Å². The second-order valence-corrected chi connectivity index (χ2v) is 6.72. The van der Waals surface area contributed by atoms with Gasteiger partial charge in [0.2, 0.25) is 0 Å². The smallest absolute Gasteiger partial charge is 0.336 e. The molecular weight excluding hydrogens is 341 g/mol. The number of rotatable bonds is 2. The number of alkyl halides is 3. The van der Waals surface area contributed by atoms with Crippen LogP contribution in [-0.2, 0) is 6.18 Å². The molecule has 2 aromatic rings. The Morgan fingerprint density at radius 3 is 2.15 bits per heavy atom. The van der Waals surface area contributed by atoms with Crippen molar-refractivity contribution in [3.05, 3.63) is 59.2 Å². The maximum absolute atomic E-state index is 13.3. The van der Waals surface area contributed by atoms with Crippen LogP contribution in [0.5, 0.6) is 0 Å². The van der Waals surface area contributed by atoms with Crippen LogP contribution in [0.15, 0.2) is 42.5 Å². The third-order valence-corrected chi connectivity index (χ3v) is 4.71. The summed E-state index contributed by atoms with van der Waals surface area (Å²) in [5.74, 6) is -0.0791. The molecule has 0 saturated carbocycles. The van der Waals surface area contributed by atoms with Crippen LogP contribution < -0.4 is 0 Å². The minimum Gasteiger partial charge on any atom is -0.336 e. The standard InChI is InChI=1S/C20H21F3N2O/c1-14-3-8-17(18(13-14)20(21,22)23)15-4-6-16(7-5-15)19(26)25-11-9-24(2)10-12-25/h3-8,13H,9-12H2,1-2H3. The summed E-state index contributed by atoms with van der Waals surface area (Å²) < 4.78 is 40.0. The van der Waals surface area contributed by atoms with Gasteiger partial charge in [-0.1, -0.05) is 29.8 Å². The molecule has 0 radical (unpaired) electrons. The molecule has 0 bridgehead atoms. The van der Waals surface area contributed by atoms with Gasteiger partial charge in [0, 0.05) is 31.7 Å². The lowest BCUT2D eigenvalue weighted by molar-refractivity contribution is -0.137. The molecule has 1 aliphatic rings. The first-order valence-corrected chi connectivity index (χ1v) is 8.52. The van der Waals surface area contributed by atoms with Gasteiger partial charge in [-0.15, -0.1) is 0 Å². The average molecular weight is 362 g/mol. The molecule has 6 heteroatoms. The fourth-order valence-electron chi connectivity index (χ4n) is 3.13. The van der Waals surface area contributed by atoms with Crippen LogP contribution in [0.3, 0.4) is 0 Å². The Balaban J connectivity index is 1.86. The molecule has 26 heavy (non-hydrogen) atoms. The fourth-order valence-corrected chi connectivity index (χ4v) is 3.13. The third kappa shape index (κ3) is 3.90. The van der Waals surface area contributed by atoms with E-state index in [1.54, 1.807) is 42.2 Å². The van der Waals surface area contributed by atoms with Gasteiger partial charge in [-0.05, 0) is 43.3 Å². The summed E-state index contributed by atoms with van der Waals surface area (Å²) in [6, 6.07) is 10.7. The number of aryl methyl sites for hydroxylation is 1. The molecule has 1 heterocycles. The van der Waals surface area contributed by atoms with Crippen molar-refractivity contribution in [2.45, 2.75) is 13.1 Å². The fraction of sp³-hybridized carbons (Fsp3) is 0.350. The molecule has 138 valence electrons. The number of amides is 1. The van der Waals surface area contributed by atoms with Crippen LogP contribution in [0.25, 0.3) is 11.1 Å². The molecule has 3 nitrogen and oxygen atoms in total. The minimum absolute atomic E-state index is 0.0791. The molecule has 1 aliphatic heterocycles. The molecular formula is C20H21F3N2O.